The van der Waals surface area contributed by atoms with E-state index in [1.165, 1.54) is 17.8 Å². The average Bonchev–Trinajstić information content (AvgIpc) is 2.94. The third-order valence-corrected chi connectivity index (χ3v) is 5.18. The van der Waals surface area contributed by atoms with E-state index < -0.39 is 0 Å². The Bertz CT molecular complexity index is 864. The van der Waals surface area contributed by atoms with E-state index in [1.54, 1.807) is 12.1 Å². The lowest BCUT2D eigenvalue weighted by Crippen LogP contribution is -2.05. The number of nitrogens with zero attached hydrogens (tertiary/aromatic N) is 3. The number of aromatic nitrogens is 3. The number of thioether (sulfide) groups is 1. The van der Waals surface area contributed by atoms with Gasteiger partial charge in [-0.25, -0.2) is 4.39 Å². The van der Waals surface area contributed by atoms with Crippen molar-refractivity contribution in [1.82, 2.24) is 14.8 Å². The summed E-state index contributed by atoms with van der Waals surface area (Å²) >= 11 is 7.44. The van der Waals surface area contributed by atoms with Crippen molar-refractivity contribution in [3.8, 4) is 5.75 Å². The second-order valence-corrected chi connectivity index (χ2v) is 6.85. The van der Waals surface area contributed by atoms with Gasteiger partial charge in [-0.2, -0.15) is 0 Å². The maximum Gasteiger partial charge on any atom is 0.191 e. The highest BCUT2D eigenvalue weighted by Gasteiger charge is 2.13. The molecule has 1 aromatic heterocycles. The van der Waals surface area contributed by atoms with Gasteiger partial charge in [-0.05, 0) is 30.7 Å². The molecule has 0 saturated carbocycles. The second-order valence-electron chi connectivity index (χ2n) is 5.50. The van der Waals surface area contributed by atoms with E-state index in [9.17, 15) is 4.39 Å². The highest BCUT2D eigenvalue weighted by Crippen LogP contribution is 2.28. The minimum atomic E-state index is -0.315. The van der Waals surface area contributed by atoms with Gasteiger partial charge in [0.1, 0.15) is 18.2 Å². The van der Waals surface area contributed by atoms with Crippen LogP contribution >= 0.6 is 23.4 Å². The summed E-state index contributed by atoms with van der Waals surface area (Å²) in [6.07, 6.45) is 0. The van der Waals surface area contributed by atoms with Crippen molar-refractivity contribution in [2.75, 3.05) is 0 Å². The number of benzene rings is 2. The monoisotopic (exact) mass is 377 g/mol. The standard InChI is InChI=1S/C18H17ClFN3OS/c1-12-6-3-4-9-16(12)24-10-17-21-22-18(23(17)2)25-11-13-14(19)7-5-8-15(13)20/h3-9H,10-11H2,1-2H3. The summed E-state index contributed by atoms with van der Waals surface area (Å²) in [5, 5.41) is 9.41. The van der Waals surface area contributed by atoms with Crippen LogP contribution in [-0.2, 0) is 19.4 Å². The van der Waals surface area contributed by atoms with Crippen LogP contribution in [0.15, 0.2) is 47.6 Å². The van der Waals surface area contributed by atoms with Crippen molar-refractivity contribution >= 4 is 23.4 Å². The van der Waals surface area contributed by atoms with Crippen LogP contribution in [0.4, 0.5) is 4.39 Å². The van der Waals surface area contributed by atoms with Gasteiger partial charge >= 0.3 is 0 Å². The van der Waals surface area contributed by atoms with Crippen molar-refractivity contribution in [1.29, 1.82) is 0 Å². The molecule has 0 saturated heterocycles. The molecule has 0 aliphatic carbocycles. The average molecular weight is 378 g/mol. The van der Waals surface area contributed by atoms with Crippen LogP contribution in [0.25, 0.3) is 0 Å². The van der Waals surface area contributed by atoms with E-state index >= 15 is 0 Å². The normalized spacial score (nSPS) is 10.9. The van der Waals surface area contributed by atoms with E-state index in [4.69, 9.17) is 16.3 Å². The Hall–Kier alpha value is -2.05. The summed E-state index contributed by atoms with van der Waals surface area (Å²) < 4.78 is 21.5. The van der Waals surface area contributed by atoms with Crippen LogP contribution in [0.5, 0.6) is 5.75 Å². The van der Waals surface area contributed by atoms with Crippen molar-refractivity contribution < 1.29 is 9.13 Å². The van der Waals surface area contributed by atoms with Gasteiger partial charge < -0.3 is 9.30 Å². The fourth-order valence-electron chi connectivity index (χ4n) is 2.26. The SMILES string of the molecule is Cc1ccccc1OCc1nnc(SCc2c(F)cccc2Cl)n1C. The molecule has 4 nitrogen and oxygen atoms in total. The van der Waals surface area contributed by atoms with Gasteiger partial charge in [0, 0.05) is 23.4 Å². The smallest absolute Gasteiger partial charge is 0.191 e. The van der Waals surface area contributed by atoms with E-state index in [0.29, 0.717) is 33.9 Å². The molecule has 0 amide bonds. The zero-order valence-electron chi connectivity index (χ0n) is 13.9. The topological polar surface area (TPSA) is 39.9 Å². The molecule has 0 bridgehead atoms. The molecular formula is C18H17ClFN3OS. The Balaban J connectivity index is 1.66. The number of aryl methyl sites for hydroxylation is 1. The number of rotatable bonds is 6. The van der Waals surface area contributed by atoms with Crippen molar-refractivity contribution in [3.63, 3.8) is 0 Å². The van der Waals surface area contributed by atoms with Crippen molar-refractivity contribution in [3.05, 3.63) is 70.3 Å². The summed E-state index contributed by atoms with van der Waals surface area (Å²) in [6, 6.07) is 12.5. The Morgan fingerprint density at radius 1 is 1.16 bits per heavy atom. The quantitative estimate of drug-likeness (QED) is 0.579. The molecule has 0 spiro atoms. The largest absolute Gasteiger partial charge is 0.485 e. The van der Waals surface area contributed by atoms with E-state index in [1.807, 2.05) is 42.8 Å². The first kappa shape index (κ1) is 17.8. The fraction of sp³-hybridized carbons (Fsp3) is 0.222. The molecule has 25 heavy (non-hydrogen) atoms. The van der Waals surface area contributed by atoms with Crippen LogP contribution in [0, 0.1) is 12.7 Å². The van der Waals surface area contributed by atoms with Gasteiger partial charge in [0.15, 0.2) is 11.0 Å². The van der Waals surface area contributed by atoms with Crippen LogP contribution in [-0.4, -0.2) is 14.8 Å². The third kappa shape index (κ3) is 4.14. The van der Waals surface area contributed by atoms with Crippen LogP contribution < -0.4 is 4.74 Å². The molecule has 7 heteroatoms. The van der Waals surface area contributed by atoms with Crippen LogP contribution in [0.1, 0.15) is 17.0 Å². The second kappa shape index (κ2) is 7.89. The molecule has 0 fully saturated rings. The van der Waals surface area contributed by atoms with Gasteiger partial charge in [0.05, 0.1) is 0 Å². The van der Waals surface area contributed by atoms with Gasteiger partial charge in [-0.15, -0.1) is 10.2 Å². The molecule has 0 radical (unpaired) electrons. The number of hydrogen-bond acceptors (Lipinski definition) is 4. The molecule has 0 unspecified atom stereocenters. The molecule has 2 aromatic carbocycles. The number of halogens is 2. The van der Waals surface area contributed by atoms with Crippen molar-refractivity contribution in [2.45, 2.75) is 24.4 Å². The summed E-state index contributed by atoms with van der Waals surface area (Å²) in [4.78, 5) is 0. The molecule has 0 atom stereocenters. The molecule has 0 aliphatic heterocycles. The highest BCUT2D eigenvalue weighted by atomic mass is 35.5. The number of ether oxygens (including phenoxy) is 1. The predicted octanol–water partition coefficient (Wildman–Crippen LogP) is 4.79. The molecule has 3 aromatic rings. The lowest BCUT2D eigenvalue weighted by atomic mass is 10.2. The van der Waals surface area contributed by atoms with Crippen LogP contribution in [0.2, 0.25) is 5.02 Å². The first-order chi connectivity index (χ1) is 12.1. The minimum absolute atomic E-state index is 0.315. The van der Waals surface area contributed by atoms with Gasteiger partial charge in [0.25, 0.3) is 0 Å². The lowest BCUT2D eigenvalue weighted by molar-refractivity contribution is 0.288. The van der Waals surface area contributed by atoms with E-state index in [0.717, 1.165) is 11.3 Å². The number of para-hydroxylation sites is 1. The summed E-state index contributed by atoms with van der Waals surface area (Å²) in [6.45, 7) is 2.31. The summed E-state index contributed by atoms with van der Waals surface area (Å²) in [7, 11) is 1.86. The maximum absolute atomic E-state index is 13.8. The summed E-state index contributed by atoms with van der Waals surface area (Å²) in [5.41, 5.74) is 1.53. The Morgan fingerprint density at radius 3 is 2.72 bits per heavy atom. The van der Waals surface area contributed by atoms with Gasteiger partial charge in [0.2, 0.25) is 0 Å². The predicted molar refractivity (Wildman–Crippen MR) is 97.5 cm³/mol. The van der Waals surface area contributed by atoms with Crippen LogP contribution in [0.3, 0.4) is 0 Å². The molecule has 3 rings (SSSR count). The van der Waals surface area contributed by atoms with E-state index in [-0.39, 0.29) is 5.82 Å². The molecule has 0 aliphatic rings. The lowest BCUT2D eigenvalue weighted by Gasteiger charge is -2.09. The zero-order chi connectivity index (χ0) is 17.8. The Morgan fingerprint density at radius 2 is 1.96 bits per heavy atom. The summed E-state index contributed by atoms with van der Waals surface area (Å²) in [5.74, 6) is 1.59. The Labute approximate surface area is 155 Å². The molecular weight excluding hydrogens is 361 g/mol. The van der Waals surface area contributed by atoms with Gasteiger partial charge in [-0.1, -0.05) is 47.6 Å². The van der Waals surface area contributed by atoms with Gasteiger partial charge in [-0.3, -0.25) is 0 Å². The third-order valence-electron chi connectivity index (χ3n) is 3.78. The zero-order valence-corrected chi connectivity index (χ0v) is 15.4. The number of hydrogen-bond donors (Lipinski definition) is 0. The molecule has 130 valence electrons. The maximum atomic E-state index is 13.8. The van der Waals surface area contributed by atoms with Crippen molar-refractivity contribution in [2.24, 2.45) is 7.05 Å². The first-order valence-electron chi connectivity index (χ1n) is 7.68. The molecule has 1 heterocycles. The molecule has 0 N–H and O–H groups in total. The first-order valence-corrected chi connectivity index (χ1v) is 9.05. The Kier molecular flexibility index (Phi) is 5.60. The fourth-order valence-corrected chi connectivity index (χ4v) is 3.54. The highest BCUT2D eigenvalue weighted by molar-refractivity contribution is 7.98. The minimum Gasteiger partial charge on any atom is -0.485 e. The van der Waals surface area contributed by atoms with E-state index in [2.05, 4.69) is 10.2 Å².